The van der Waals surface area contributed by atoms with E-state index in [0.717, 1.165) is 6.07 Å². The van der Waals surface area contributed by atoms with Gasteiger partial charge in [0.15, 0.2) is 0 Å². The molecule has 3 nitrogen and oxygen atoms in total. The smallest absolute Gasteiger partial charge is 0.335 e. The molecular weight excluding hydrogens is 259 g/mol. The average molecular weight is 267 g/mol. The Bertz CT molecular complexity index is 626. The van der Waals surface area contributed by atoms with Crippen molar-refractivity contribution in [2.75, 3.05) is 0 Å². The maximum absolute atomic E-state index is 13.8. The highest BCUT2D eigenvalue weighted by molar-refractivity contribution is 6.31. The second-order valence-corrected chi connectivity index (χ2v) is 4.05. The number of aromatic carboxylic acids is 1. The van der Waals surface area contributed by atoms with E-state index in [9.17, 15) is 14.3 Å². The Hall–Kier alpha value is -2.07. The number of carboxylic acid groups (broad SMARTS) is 1. The van der Waals surface area contributed by atoms with Crippen LogP contribution in [0.1, 0.15) is 10.4 Å². The van der Waals surface area contributed by atoms with Gasteiger partial charge in [0, 0.05) is 11.1 Å². The van der Waals surface area contributed by atoms with Crippen molar-refractivity contribution in [1.29, 1.82) is 0 Å². The number of carbonyl (C=O) groups is 1. The van der Waals surface area contributed by atoms with Crippen LogP contribution >= 0.6 is 11.6 Å². The molecule has 0 radical (unpaired) electrons. The lowest BCUT2D eigenvalue weighted by atomic mass is 10.0. The lowest BCUT2D eigenvalue weighted by Gasteiger charge is -2.07. The first-order valence-electron chi connectivity index (χ1n) is 5.01. The molecule has 2 aromatic rings. The molecule has 0 saturated heterocycles. The van der Waals surface area contributed by atoms with E-state index in [-0.39, 0.29) is 27.5 Å². The molecule has 0 amide bonds. The second kappa shape index (κ2) is 4.66. The summed E-state index contributed by atoms with van der Waals surface area (Å²) in [6.07, 6.45) is 0. The van der Waals surface area contributed by atoms with E-state index in [1.807, 2.05) is 0 Å². The van der Waals surface area contributed by atoms with Crippen molar-refractivity contribution in [2.24, 2.45) is 0 Å². The van der Waals surface area contributed by atoms with E-state index >= 15 is 0 Å². The number of phenols is 1. The molecule has 0 bridgehead atoms. The zero-order valence-corrected chi connectivity index (χ0v) is 9.78. The predicted octanol–water partition coefficient (Wildman–Crippen LogP) is 3.55. The van der Waals surface area contributed by atoms with Gasteiger partial charge in [-0.05, 0) is 24.3 Å². The van der Waals surface area contributed by atoms with Crippen molar-refractivity contribution in [3.63, 3.8) is 0 Å². The number of carboxylic acids is 1. The molecule has 0 spiro atoms. The Morgan fingerprint density at radius 3 is 2.50 bits per heavy atom. The Morgan fingerprint density at radius 1 is 1.17 bits per heavy atom. The molecule has 0 saturated carbocycles. The summed E-state index contributed by atoms with van der Waals surface area (Å²) < 4.78 is 13.8. The van der Waals surface area contributed by atoms with E-state index < -0.39 is 11.8 Å². The van der Waals surface area contributed by atoms with Gasteiger partial charge in [0.1, 0.15) is 11.6 Å². The van der Waals surface area contributed by atoms with E-state index in [0.29, 0.717) is 0 Å². The monoisotopic (exact) mass is 266 g/mol. The molecule has 0 aromatic heterocycles. The highest BCUT2D eigenvalue weighted by atomic mass is 35.5. The number of phenolic OH excluding ortho intramolecular Hbond substituents is 1. The lowest BCUT2D eigenvalue weighted by Crippen LogP contribution is -1.96. The second-order valence-electron chi connectivity index (χ2n) is 3.64. The molecule has 0 heterocycles. The molecule has 18 heavy (non-hydrogen) atoms. The van der Waals surface area contributed by atoms with Crippen molar-refractivity contribution in [3.05, 3.63) is 52.8 Å². The first-order valence-corrected chi connectivity index (χ1v) is 5.39. The Balaban J connectivity index is 2.58. The fourth-order valence-corrected chi connectivity index (χ4v) is 1.78. The molecule has 0 aliphatic carbocycles. The first kappa shape index (κ1) is 12.4. The van der Waals surface area contributed by atoms with Crippen LogP contribution in [0.15, 0.2) is 36.4 Å². The van der Waals surface area contributed by atoms with Crippen LogP contribution in [0.5, 0.6) is 5.75 Å². The molecule has 0 aliphatic heterocycles. The Labute approximate surface area is 107 Å². The topological polar surface area (TPSA) is 57.5 Å². The van der Waals surface area contributed by atoms with Crippen LogP contribution in [0.4, 0.5) is 4.39 Å². The third-order valence-corrected chi connectivity index (χ3v) is 2.78. The van der Waals surface area contributed by atoms with Crippen LogP contribution in [-0.2, 0) is 0 Å². The maximum atomic E-state index is 13.8. The highest BCUT2D eigenvalue weighted by Gasteiger charge is 2.14. The summed E-state index contributed by atoms with van der Waals surface area (Å²) in [5, 5.41) is 18.4. The van der Waals surface area contributed by atoms with Gasteiger partial charge in [-0.15, -0.1) is 0 Å². The zero-order chi connectivity index (χ0) is 13.3. The molecule has 0 aliphatic rings. The summed E-state index contributed by atoms with van der Waals surface area (Å²) in [6, 6.07) is 8.09. The molecule has 0 atom stereocenters. The van der Waals surface area contributed by atoms with Crippen molar-refractivity contribution in [2.45, 2.75) is 0 Å². The molecule has 2 rings (SSSR count). The SMILES string of the molecule is O=C(O)c1ccc(-c2cccc(Cl)c2F)c(O)c1. The molecule has 2 N–H and O–H groups in total. The van der Waals surface area contributed by atoms with E-state index in [1.54, 1.807) is 6.07 Å². The van der Waals surface area contributed by atoms with Gasteiger partial charge in [0.2, 0.25) is 0 Å². The van der Waals surface area contributed by atoms with Gasteiger partial charge < -0.3 is 10.2 Å². The minimum Gasteiger partial charge on any atom is -0.507 e. The molecular formula is C13H8ClFO3. The quantitative estimate of drug-likeness (QED) is 0.874. The maximum Gasteiger partial charge on any atom is 0.335 e. The van der Waals surface area contributed by atoms with E-state index in [4.69, 9.17) is 16.7 Å². The number of hydrogen-bond acceptors (Lipinski definition) is 2. The summed E-state index contributed by atoms with van der Waals surface area (Å²) in [5.74, 6) is -2.13. The van der Waals surface area contributed by atoms with Crippen LogP contribution in [0.3, 0.4) is 0 Å². The summed E-state index contributed by atoms with van der Waals surface area (Å²) in [4.78, 5) is 10.7. The lowest BCUT2D eigenvalue weighted by molar-refractivity contribution is 0.0696. The molecule has 92 valence electrons. The van der Waals surface area contributed by atoms with Gasteiger partial charge in [-0.25, -0.2) is 9.18 Å². The number of hydrogen-bond donors (Lipinski definition) is 2. The minimum absolute atomic E-state index is 0.0609. The standard InChI is InChI=1S/C13H8ClFO3/c14-10-3-1-2-9(12(10)15)8-5-4-7(13(17)18)6-11(8)16/h1-6,16H,(H,17,18). The normalized spacial score (nSPS) is 10.3. The third-order valence-electron chi connectivity index (χ3n) is 2.49. The van der Waals surface area contributed by atoms with Gasteiger partial charge in [-0.3, -0.25) is 0 Å². The summed E-state index contributed by atoms with van der Waals surface area (Å²) in [7, 11) is 0. The predicted molar refractivity (Wildman–Crippen MR) is 65.5 cm³/mol. The minimum atomic E-state index is -1.16. The zero-order valence-electron chi connectivity index (χ0n) is 9.02. The van der Waals surface area contributed by atoms with Gasteiger partial charge >= 0.3 is 5.97 Å². The third kappa shape index (κ3) is 2.15. The van der Waals surface area contributed by atoms with Crippen LogP contribution in [0.2, 0.25) is 5.02 Å². The molecule has 5 heteroatoms. The highest BCUT2D eigenvalue weighted by Crippen LogP contribution is 2.34. The van der Waals surface area contributed by atoms with Gasteiger partial charge in [-0.2, -0.15) is 0 Å². The number of aromatic hydroxyl groups is 1. The van der Waals surface area contributed by atoms with Gasteiger partial charge in [0.25, 0.3) is 0 Å². The fourth-order valence-electron chi connectivity index (χ4n) is 1.60. The molecule has 0 fully saturated rings. The van der Waals surface area contributed by atoms with Gasteiger partial charge in [0.05, 0.1) is 10.6 Å². The Morgan fingerprint density at radius 2 is 1.89 bits per heavy atom. The van der Waals surface area contributed by atoms with Crippen molar-refractivity contribution in [3.8, 4) is 16.9 Å². The largest absolute Gasteiger partial charge is 0.507 e. The van der Waals surface area contributed by atoms with Crippen LogP contribution < -0.4 is 0 Å². The first-order chi connectivity index (χ1) is 8.50. The van der Waals surface area contributed by atoms with Crippen molar-refractivity contribution >= 4 is 17.6 Å². The number of halogens is 2. The molecule has 2 aromatic carbocycles. The Kier molecular flexibility index (Phi) is 3.21. The van der Waals surface area contributed by atoms with Crippen molar-refractivity contribution in [1.82, 2.24) is 0 Å². The van der Waals surface area contributed by atoms with Crippen LogP contribution in [0.25, 0.3) is 11.1 Å². The fraction of sp³-hybridized carbons (Fsp3) is 0. The van der Waals surface area contributed by atoms with E-state index in [1.165, 1.54) is 24.3 Å². The summed E-state index contributed by atoms with van der Waals surface area (Å²) >= 11 is 5.65. The van der Waals surface area contributed by atoms with Gasteiger partial charge in [-0.1, -0.05) is 23.7 Å². The van der Waals surface area contributed by atoms with E-state index in [2.05, 4.69) is 0 Å². The number of rotatable bonds is 2. The summed E-state index contributed by atoms with van der Waals surface area (Å²) in [6.45, 7) is 0. The van der Waals surface area contributed by atoms with Crippen LogP contribution in [-0.4, -0.2) is 16.2 Å². The molecule has 0 unspecified atom stereocenters. The van der Waals surface area contributed by atoms with Crippen LogP contribution in [0, 0.1) is 5.82 Å². The van der Waals surface area contributed by atoms with Crippen molar-refractivity contribution < 1.29 is 19.4 Å². The average Bonchev–Trinajstić information content (AvgIpc) is 2.33. The summed E-state index contributed by atoms with van der Waals surface area (Å²) in [5.41, 5.74) is 0.246. The number of benzene rings is 2.